The number of aromatic nitrogens is 2. The molecule has 0 bridgehead atoms. The van der Waals surface area contributed by atoms with Crippen molar-refractivity contribution in [1.29, 1.82) is 0 Å². The first kappa shape index (κ1) is 10.8. The number of hydrogen-bond acceptors (Lipinski definition) is 4. The van der Waals surface area contributed by atoms with Gasteiger partial charge in [0.1, 0.15) is 5.01 Å². The Kier molecular flexibility index (Phi) is 3.09. The lowest BCUT2D eigenvalue weighted by Gasteiger charge is -2.14. The van der Waals surface area contributed by atoms with E-state index in [-0.39, 0.29) is 6.10 Å². The maximum atomic E-state index is 5.79. The molecule has 1 aliphatic rings. The van der Waals surface area contributed by atoms with E-state index < -0.39 is 0 Å². The Balaban J connectivity index is 2.25. The van der Waals surface area contributed by atoms with Gasteiger partial charge >= 0.3 is 0 Å². The van der Waals surface area contributed by atoms with Gasteiger partial charge in [-0.2, -0.15) is 4.37 Å². The quantitative estimate of drug-likeness (QED) is 0.745. The number of nitrogens with zero attached hydrogens (tertiary/aromatic N) is 2. The molecular formula is C9H13IN2OS. The van der Waals surface area contributed by atoms with Crippen molar-refractivity contribution in [2.75, 3.05) is 0 Å². The third-order valence-corrected chi connectivity index (χ3v) is 4.57. The third kappa shape index (κ3) is 1.81. The minimum atomic E-state index is 0.267. The predicted molar refractivity (Wildman–Crippen MR) is 64.5 cm³/mol. The molecule has 0 aromatic carbocycles. The molecule has 0 amide bonds. The summed E-state index contributed by atoms with van der Waals surface area (Å²) in [4.78, 5) is 4.44. The molecule has 1 fully saturated rings. The summed E-state index contributed by atoms with van der Waals surface area (Å²) in [6, 6.07) is 0. The summed E-state index contributed by atoms with van der Waals surface area (Å²) in [5.41, 5.74) is 0. The van der Waals surface area contributed by atoms with E-state index in [0.29, 0.717) is 17.9 Å². The van der Waals surface area contributed by atoms with Crippen LogP contribution in [0.4, 0.5) is 0 Å². The van der Waals surface area contributed by atoms with Crippen molar-refractivity contribution in [2.45, 2.75) is 38.9 Å². The highest BCUT2D eigenvalue weighted by atomic mass is 127. The molecule has 4 unspecified atom stereocenters. The average molecular weight is 324 g/mol. The van der Waals surface area contributed by atoms with Crippen LogP contribution in [0.3, 0.4) is 0 Å². The number of hydrogen-bond donors (Lipinski definition) is 0. The van der Waals surface area contributed by atoms with Gasteiger partial charge in [-0.25, -0.2) is 4.98 Å². The second kappa shape index (κ2) is 4.02. The summed E-state index contributed by atoms with van der Waals surface area (Å²) in [5, 5.41) is 1.12. The predicted octanol–water partition coefficient (Wildman–Crippen LogP) is 2.67. The van der Waals surface area contributed by atoms with Crippen LogP contribution in [0.2, 0.25) is 0 Å². The Morgan fingerprint density at radius 3 is 2.43 bits per heavy atom. The molecule has 0 spiro atoms. The fourth-order valence-electron chi connectivity index (χ4n) is 2.04. The molecule has 1 aromatic rings. The minimum Gasteiger partial charge on any atom is -0.375 e. The largest absolute Gasteiger partial charge is 0.375 e. The van der Waals surface area contributed by atoms with Crippen molar-refractivity contribution >= 4 is 34.1 Å². The number of ether oxygens (including phenoxy) is 1. The zero-order valence-corrected chi connectivity index (χ0v) is 11.4. The van der Waals surface area contributed by atoms with Crippen LogP contribution in [-0.4, -0.2) is 21.6 Å². The van der Waals surface area contributed by atoms with Crippen LogP contribution >= 0.6 is 34.1 Å². The third-order valence-electron chi connectivity index (χ3n) is 2.94. The van der Waals surface area contributed by atoms with Gasteiger partial charge < -0.3 is 4.74 Å². The van der Waals surface area contributed by atoms with E-state index in [1.165, 1.54) is 11.5 Å². The topological polar surface area (TPSA) is 35.0 Å². The van der Waals surface area contributed by atoms with Gasteiger partial charge in [0.15, 0.2) is 0 Å². The molecule has 2 heterocycles. The van der Waals surface area contributed by atoms with Gasteiger partial charge in [-0.1, -0.05) is 6.92 Å². The Labute approximate surface area is 102 Å². The highest BCUT2D eigenvalue weighted by Gasteiger charge is 2.39. The van der Waals surface area contributed by atoms with Gasteiger partial charge in [0.2, 0.25) is 3.83 Å². The van der Waals surface area contributed by atoms with Gasteiger partial charge in [0, 0.05) is 28.5 Å². The summed E-state index contributed by atoms with van der Waals surface area (Å²) in [7, 11) is 0. The molecule has 0 aliphatic carbocycles. The average Bonchev–Trinajstić information content (AvgIpc) is 2.60. The second-order valence-electron chi connectivity index (χ2n) is 3.83. The standard InChI is InChI=1S/C9H13IN2OS/c1-4-5(2)13-6(3)7(4)8-11-9(10)12-14-8/h4-7H,1-3H3. The van der Waals surface area contributed by atoms with Gasteiger partial charge in [-0.3, -0.25) is 0 Å². The maximum absolute atomic E-state index is 5.79. The van der Waals surface area contributed by atoms with Gasteiger partial charge in [-0.05, 0) is 31.3 Å². The smallest absolute Gasteiger partial charge is 0.203 e. The molecule has 5 heteroatoms. The maximum Gasteiger partial charge on any atom is 0.203 e. The molecule has 2 rings (SSSR count). The fraction of sp³-hybridized carbons (Fsp3) is 0.778. The summed E-state index contributed by atoms with van der Waals surface area (Å²) in [6.07, 6.45) is 0.598. The second-order valence-corrected chi connectivity index (χ2v) is 5.58. The van der Waals surface area contributed by atoms with Crippen LogP contribution in [0.1, 0.15) is 31.7 Å². The Morgan fingerprint density at radius 1 is 1.29 bits per heavy atom. The normalized spacial score (nSPS) is 37.7. The van der Waals surface area contributed by atoms with Crippen molar-refractivity contribution in [3.05, 3.63) is 8.84 Å². The van der Waals surface area contributed by atoms with E-state index in [4.69, 9.17) is 4.74 Å². The minimum absolute atomic E-state index is 0.267. The highest BCUT2D eigenvalue weighted by Crippen LogP contribution is 2.40. The Morgan fingerprint density at radius 2 is 2.00 bits per heavy atom. The van der Waals surface area contributed by atoms with Crippen LogP contribution in [0.5, 0.6) is 0 Å². The molecule has 1 aliphatic heterocycles. The van der Waals surface area contributed by atoms with E-state index in [9.17, 15) is 0 Å². The SMILES string of the molecule is CC1OC(C)C(c2nc(I)ns2)C1C. The first-order valence-electron chi connectivity index (χ1n) is 4.74. The first-order valence-corrected chi connectivity index (χ1v) is 6.59. The van der Waals surface area contributed by atoms with Crippen molar-refractivity contribution in [1.82, 2.24) is 9.36 Å². The van der Waals surface area contributed by atoms with Crippen LogP contribution in [0.25, 0.3) is 0 Å². The van der Waals surface area contributed by atoms with Crippen LogP contribution in [0, 0.1) is 9.75 Å². The van der Waals surface area contributed by atoms with E-state index in [1.807, 2.05) is 0 Å². The fourth-order valence-corrected chi connectivity index (χ4v) is 3.63. The summed E-state index contributed by atoms with van der Waals surface area (Å²) < 4.78 is 10.9. The van der Waals surface area contributed by atoms with Crippen LogP contribution < -0.4 is 0 Å². The lowest BCUT2D eigenvalue weighted by molar-refractivity contribution is 0.0557. The van der Waals surface area contributed by atoms with Crippen LogP contribution in [0.15, 0.2) is 0 Å². The van der Waals surface area contributed by atoms with Crippen LogP contribution in [-0.2, 0) is 4.74 Å². The van der Waals surface area contributed by atoms with Gasteiger partial charge in [0.05, 0.1) is 12.2 Å². The van der Waals surface area contributed by atoms with E-state index >= 15 is 0 Å². The lowest BCUT2D eigenvalue weighted by atomic mass is 9.90. The zero-order chi connectivity index (χ0) is 10.3. The van der Waals surface area contributed by atoms with E-state index in [2.05, 4.69) is 52.7 Å². The van der Waals surface area contributed by atoms with Crippen molar-refractivity contribution in [3.8, 4) is 0 Å². The molecule has 3 nitrogen and oxygen atoms in total. The number of halogens is 1. The van der Waals surface area contributed by atoms with E-state index in [0.717, 1.165) is 8.84 Å². The van der Waals surface area contributed by atoms with E-state index in [1.54, 1.807) is 0 Å². The molecule has 0 saturated carbocycles. The molecule has 0 N–H and O–H groups in total. The van der Waals surface area contributed by atoms with Crippen molar-refractivity contribution in [3.63, 3.8) is 0 Å². The van der Waals surface area contributed by atoms with Gasteiger partial charge in [-0.15, -0.1) is 0 Å². The summed E-state index contributed by atoms with van der Waals surface area (Å²) in [5.74, 6) is 0.958. The van der Waals surface area contributed by atoms with Gasteiger partial charge in [0.25, 0.3) is 0 Å². The summed E-state index contributed by atoms with van der Waals surface area (Å²) in [6.45, 7) is 6.49. The first-order chi connectivity index (χ1) is 6.59. The monoisotopic (exact) mass is 324 g/mol. The van der Waals surface area contributed by atoms with Crippen molar-refractivity contribution < 1.29 is 4.74 Å². The molecule has 4 atom stereocenters. The Bertz CT molecular complexity index is 330. The molecule has 0 radical (unpaired) electrons. The highest BCUT2D eigenvalue weighted by molar-refractivity contribution is 14.1. The lowest BCUT2D eigenvalue weighted by Crippen LogP contribution is -2.14. The molecular weight excluding hydrogens is 311 g/mol. The number of rotatable bonds is 1. The molecule has 14 heavy (non-hydrogen) atoms. The Hall–Kier alpha value is 0.250. The zero-order valence-electron chi connectivity index (χ0n) is 8.40. The van der Waals surface area contributed by atoms with Crippen molar-refractivity contribution in [2.24, 2.45) is 5.92 Å². The molecule has 1 saturated heterocycles. The molecule has 78 valence electrons. The molecule has 1 aromatic heterocycles. The summed E-state index contributed by atoms with van der Waals surface area (Å²) >= 11 is 3.66.